The fourth-order valence-corrected chi connectivity index (χ4v) is 2.67. The van der Waals surface area contributed by atoms with Gasteiger partial charge < -0.3 is 0 Å². The van der Waals surface area contributed by atoms with E-state index in [-0.39, 0.29) is 0 Å². The molecule has 12 heavy (non-hydrogen) atoms. The van der Waals surface area contributed by atoms with Crippen molar-refractivity contribution in [1.82, 2.24) is 4.90 Å². The predicted octanol–water partition coefficient (Wildman–Crippen LogP) is 2.90. The molecule has 0 unspecified atom stereocenters. The van der Waals surface area contributed by atoms with E-state index in [1.807, 2.05) is 11.3 Å². The molecule has 1 aliphatic rings. The van der Waals surface area contributed by atoms with E-state index in [9.17, 15) is 0 Å². The highest BCUT2D eigenvalue weighted by Crippen LogP contribution is 2.30. The first-order chi connectivity index (χ1) is 5.88. The standard InChI is InChI=1S/C10H15NS/c1-11-6-3-2-4-10(11)9-5-7-12-8-9/h5,7-8,10H,2-4,6H2,1H3/t10-/m1/s1. The fraction of sp³-hybridized carbons (Fsp3) is 0.600. The first-order valence-electron chi connectivity index (χ1n) is 4.60. The Hall–Kier alpha value is -0.340. The van der Waals surface area contributed by atoms with Gasteiger partial charge in [0.1, 0.15) is 0 Å². The highest BCUT2D eigenvalue weighted by atomic mass is 32.1. The molecule has 1 aliphatic heterocycles. The molecule has 1 nitrogen and oxygen atoms in total. The van der Waals surface area contributed by atoms with Crippen LogP contribution in [0.4, 0.5) is 0 Å². The van der Waals surface area contributed by atoms with Crippen LogP contribution in [0, 0.1) is 0 Å². The normalized spacial score (nSPS) is 25.9. The van der Waals surface area contributed by atoms with Crippen molar-refractivity contribution in [3.05, 3.63) is 22.4 Å². The van der Waals surface area contributed by atoms with Crippen LogP contribution >= 0.6 is 11.3 Å². The van der Waals surface area contributed by atoms with Crippen LogP contribution in [0.25, 0.3) is 0 Å². The molecule has 2 heteroatoms. The molecule has 1 aromatic rings. The van der Waals surface area contributed by atoms with Crippen molar-refractivity contribution >= 4 is 11.3 Å². The second kappa shape index (κ2) is 3.58. The Balaban J connectivity index is 2.11. The molecular weight excluding hydrogens is 166 g/mol. The van der Waals surface area contributed by atoms with Gasteiger partial charge in [0.2, 0.25) is 0 Å². The van der Waals surface area contributed by atoms with Crippen molar-refractivity contribution in [1.29, 1.82) is 0 Å². The van der Waals surface area contributed by atoms with E-state index < -0.39 is 0 Å². The average molecular weight is 181 g/mol. The van der Waals surface area contributed by atoms with Crippen molar-refractivity contribution < 1.29 is 0 Å². The largest absolute Gasteiger partial charge is 0.299 e. The van der Waals surface area contributed by atoms with Gasteiger partial charge >= 0.3 is 0 Å². The van der Waals surface area contributed by atoms with Gasteiger partial charge in [0, 0.05) is 6.04 Å². The van der Waals surface area contributed by atoms with Crippen LogP contribution < -0.4 is 0 Å². The van der Waals surface area contributed by atoms with E-state index >= 15 is 0 Å². The van der Waals surface area contributed by atoms with Crippen molar-refractivity contribution in [2.75, 3.05) is 13.6 Å². The zero-order chi connectivity index (χ0) is 8.39. The van der Waals surface area contributed by atoms with Crippen LogP contribution in [-0.4, -0.2) is 18.5 Å². The van der Waals surface area contributed by atoms with E-state index in [0.717, 1.165) is 0 Å². The Kier molecular flexibility index (Phi) is 2.47. The number of likely N-dealkylation sites (tertiary alicyclic amines) is 1. The van der Waals surface area contributed by atoms with E-state index in [1.165, 1.54) is 31.4 Å². The number of nitrogens with zero attached hydrogens (tertiary/aromatic N) is 1. The molecule has 0 spiro atoms. The Labute approximate surface area is 78.0 Å². The second-order valence-corrected chi connectivity index (χ2v) is 4.33. The molecular formula is C10H15NS. The topological polar surface area (TPSA) is 3.24 Å². The zero-order valence-corrected chi connectivity index (χ0v) is 8.31. The summed E-state index contributed by atoms with van der Waals surface area (Å²) < 4.78 is 0. The highest BCUT2D eigenvalue weighted by molar-refractivity contribution is 7.07. The molecule has 1 atom stereocenters. The number of hydrogen-bond acceptors (Lipinski definition) is 2. The molecule has 0 amide bonds. The van der Waals surface area contributed by atoms with E-state index in [2.05, 4.69) is 28.8 Å². The average Bonchev–Trinajstić information content (AvgIpc) is 2.57. The molecule has 1 saturated heterocycles. The Morgan fingerprint density at radius 2 is 2.42 bits per heavy atom. The fourth-order valence-electron chi connectivity index (χ4n) is 1.96. The van der Waals surface area contributed by atoms with E-state index in [4.69, 9.17) is 0 Å². The lowest BCUT2D eigenvalue weighted by atomic mass is 9.98. The van der Waals surface area contributed by atoms with Crippen LogP contribution in [0.1, 0.15) is 30.9 Å². The van der Waals surface area contributed by atoms with E-state index in [0.29, 0.717) is 6.04 Å². The SMILES string of the molecule is CN1CCCC[C@@H]1c1ccsc1. The summed E-state index contributed by atoms with van der Waals surface area (Å²) in [6, 6.07) is 2.96. The monoisotopic (exact) mass is 181 g/mol. The minimum atomic E-state index is 0.699. The number of thiophene rings is 1. The summed E-state index contributed by atoms with van der Waals surface area (Å²) in [5, 5.41) is 4.46. The summed E-state index contributed by atoms with van der Waals surface area (Å²) in [5.74, 6) is 0. The van der Waals surface area contributed by atoms with E-state index in [1.54, 1.807) is 0 Å². The molecule has 0 aromatic carbocycles. The zero-order valence-electron chi connectivity index (χ0n) is 7.49. The lowest BCUT2D eigenvalue weighted by molar-refractivity contribution is 0.188. The molecule has 2 heterocycles. The molecule has 2 rings (SSSR count). The molecule has 0 N–H and O–H groups in total. The lowest BCUT2D eigenvalue weighted by Crippen LogP contribution is -2.29. The Morgan fingerprint density at radius 3 is 3.08 bits per heavy atom. The third-order valence-electron chi connectivity index (χ3n) is 2.70. The lowest BCUT2D eigenvalue weighted by Gasteiger charge is -2.31. The van der Waals surface area contributed by atoms with Gasteiger partial charge in [-0.05, 0) is 48.8 Å². The number of piperidine rings is 1. The van der Waals surface area contributed by atoms with Crippen LogP contribution in [0.2, 0.25) is 0 Å². The molecule has 0 aliphatic carbocycles. The highest BCUT2D eigenvalue weighted by Gasteiger charge is 2.20. The molecule has 1 aromatic heterocycles. The van der Waals surface area contributed by atoms with Crippen molar-refractivity contribution in [2.24, 2.45) is 0 Å². The van der Waals surface area contributed by atoms with Crippen molar-refractivity contribution in [3.63, 3.8) is 0 Å². The van der Waals surface area contributed by atoms with Crippen LogP contribution in [0.15, 0.2) is 16.8 Å². The Bertz CT molecular complexity index is 230. The van der Waals surface area contributed by atoms with Gasteiger partial charge in [-0.3, -0.25) is 4.90 Å². The summed E-state index contributed by atoms with van der Waals surface area (Å²) in [6.07, 6.45) is 4.11. The van der Waals surface area contributed by atoms with Crippen LogP contribution in [-0.2, 0) is 0 Å². The van der Waals surface area contributed by atoms with Crippen LogP contribution in [0.3, 0.4) is 0 Å². The van der Waals surface area contributed by atoms with Gasteiger partial charge in [0.05, 0.1) is 0 Å². The summed E-state index contributed by atoms with van der Waals surface area (Å²) in [7, 11) is 2.24. The van der Waals surface area contributed by atoms with Gasteiger partial charge in [0.25, 0.3) is 0 Å². The molecule has 0 bridgehead atoms. The minimum absolute atomic E-state index is 0.699. The van der Waals surface area contributed by atoms with Crippen molar-refractivity contribution in [2.45, 2.75) is 25.3 Å². The minimum Gasteiger partial charge on any atom is -0.299 e. The smallest absolute Gasteiger partial charge is 0.0353 e. The third-order valence-corrected chi connectivity index (χ3v) is 3.40. The third kappa shape index (κ3) is 1.54. The summed E-state index contributed by atoms with van der Waals surface area (Å²) in [4.78, 5) is 2.48. The molecule has 1 fully saturated rings. The van der Waals surface area contributed by atoms with Gasteiger partial charge in [-0.1, -0.05) is 6.42 Å². The van der Waals surface area contributed by atoms with Gasteiger partial charge in [-0.15, -0.1) is 0 Å². The number of hydrogen-bond donors (Lipinski definition) is 0. The predicted molar refractivity (Wildman–Crippen MR) is 53.5 cm³/mol. The molecule has 0 saturated carbocycles. The Morgan fingerprint density at radius 1 is 1.50 bits per heavy atom. The molecule has 0 radical (unpaired) electrons. The van der Waals surface area contributed by atoms with Gasteiger partial charge in [-0.25, -0.2) is 0 Å². The first kappa shape index (κ1) is 8.27. The van der Waals surface area contributed by atoms with Crippen molar-refractivity contribution in [3.8, 4) is 0 Å². The summed E-state index contributed by atoms with van der Waals surface area (Å²) in [5.41, 5.74) is 1.52. The maximum atomic E-state index is 2.48. The van der Waals surface area contributed by atoms with Crippen LogP contribution in [0.5, 0.6) is 0 Å². The maximum Gasteiger partial charge on any atom is 0.0353 e. The van der Waals surface area contributed by atoms with Gasteiger partial charge in [0.15, 0.2) is 0 Å². The van der Waals surface area contributed by atoms with Gasteiger partial charge in [-0.2, -0.15) is 11.3 Å². The maximum absolute atomic E-state index is 2.48. The first-order valence-corrected chi connectivity index (χ1v) is 5.54. The molecule has 66 valence electrons. The quantitative estimate of drug-likeness (QED) is 0.644. The summed E-state index contributed by atoms with van der Waals surface area (Å²) >= 11 is 1.81. The number of rotatable bonds is 1. The second-order valence-electron chi connectivity index (χ2n) is 3.55. The summed E-state index contributed by atoms with van der Waals surface area (Å²) in [6.45, 7) is 1.26.